The van der Waals surface area contributed by atoms with Crippen molar-refractivity contribution in [3.8, 4) is 17.4 Å². The summed E-state index contributed by atoms with van der Waals surface area (Å²) >= 11 is 6.27. The number of hydrogen-bond acceptors (Lipinski definition) is 10. The van der Waals surface area contributed by atoms with E-state index < -0.39 is 5.60 Å². The number of aromatic nitrogens is 2. The second-order valence-electron chi connectivity index (χ2n) is 12.5. The van der Waals surface area contributed by atoms with Gasteiger partial charge in [-0.25, -0.2) is 9.78 Å². The molecule has 3 aromatic rings. The van der Waals surface area contributed by atoms with Gasteiger partial charge in [-0.05, 0) is 57.9 Å². The first-order valence-electron chi connectivity index (χ1n) is 16.4. The zero-order valence-electron chi connectivity index (χ0n) is 28.6. The predicted octanol–water partition coefficient (Wildman–Crippen LogP) is 6.16. The highest BCUT2D eigenvalue weighted by molar-refractivity contribution is 6.30. The van der Waals surface area contributed by atoms with E-state index in [1.54, 1.807) is 18.9 Å². The SMILES string of the molecule is COc1ccccc1COCCCOc1ccc(C2CCN(C(=O)OC(C)(C)C)CC2OCCOc2nc(C)nc(Cl)c2CCO)cc1. The van der Waals surface area contributed by atoms with E-state index in [4.69, 9.17) is 40.0 Å². The molecule has 0 spiro atoms. The standard InChI is InChI=1S/C36H48ClN3O8/c1-25-38-33(37)30(16-18-41)34(39-25)47-22-21-46-32-23-40(35(42)48-36(2,3)4)17-15-29(32)26-11-13-28(14-12-26)45-20-8-19-44-24-27-9-6-7-10-31(27)43-5/h6-7,9-14,29,32,41H,8,15-24H2,1-5H3. The van der Waals surface area contributed by atoms with Gasteiger partial charge in [-0.3, -0.25) is 0 Å². The van der Waals surface area contributed by atoms with Gasteiger partial charge in [0.15, 0.2) is 0 Å². The molecule has 1 aromatic heterocycles. The van der Waals surface area contributed by atoms with Crippen molar-refractivity contribution in [1.29, 1.82) is 0 Å². The molecule has 2 aromatic carbocycles. The van der Waals surface area contributed by atoms with E-state index in [0.717, 1.165) is 29.0 Å². The minimum atomic E-state index is -0.598. The van der Waals surface area contributed by atoms with Gasteiger partial charge in [0.2, 0.25) is 5.88 Å². The number of ether oxygens (including phenoxy) is 6. The molecular formula is C36H48ClN3O8. The highest BCUT2D eigenvalue weighted by Crippen LogP contribution is 2.32. The molecule has 0 saturated carbocycles. The molecule has 262 valence electrons. The molecule has 12 heteroatoms. The molecule has 1 amide bonds. The van der Waals surface area contributed by atoms with Gasteiger partial charge in [0.05, 0.1) is 51.7 Å². The number of benzene rings is 2. The van der Waals surface area contributed by atoms with Crippen LogP contribution in [0.1, 0.15) is 62.0 Å². The number of carbonyl (C=O) groups is 1. The molecule has 0 radical (unpaired) electrons. The van der Waals surface area contributed by atoms with Crippen LogP contribution < -0.4 is 14.2 Å². The van der Waals surface area contributed by atoms with Crippen LogP contribution in [-0.4, -0.2) is 91.0 Å². The number of hydrogen-bond donors (Lipinski definition) is 1. The minimum absolute atomic E-state index is 0.0433. The Bertz CT molecular complexity index is 1450. The maximum atomic E-state index is 12.9. The van der Waals surface area contributed by atoms with Crippen LogP contribution in [0.4, 0.5) is 4.79 Å². The molecule has 1 aliphatic heterocycles. The van der Waals surface area contributed by atoms with Crippen molar-refractivity contribution >= 4 is 17.7 Å². The lowest BCUT2D eigenvalue weighted by atomic mass is 9.87. The Hall–Kier alpha value is -3.64. The number of likely N-dealkylation sites (tertiary alicyclic amines) is 1. The molecule has 0 bridgehead atoms. The summed E-state index contributed by atoms with van der Waals surface area (Å²) in [7, 11) is 1.66. The van der Waals surface area contributed by atoms with Crippen molar-refractivity contribution in [2.75, 3.05) is 53.2 Å². The summed E-state index contributed by atoms with van der Waals surface area (Å²) < 4.78 is 35.1. The van der Waals surface area contributed by atoms with E-state index in [0.29, 0.717) is 56.6 Å². The van der Waals surface area contributed by atoms with Gasteiger partial charge in [0.25, 0.3) is 0 Å². The number of methoxy groups -OCH3 is 1. The molecule has 1 fully saturated rings. The fourth-order valence-electron chi connectivity index (χ4n) is 5.44. The molecule has 48 heavy (non-hydrogen) atoms. The molecule has 2 atom stereocenters. The number of aryl methyl sites for hydroxylation is 1. The monoisotopic (exact) mass is 685 g/mol. The molecule has 0 aliphatic carbocycles. The van der Waals surface area contributed by atoms with Crippen LogP contribution in [0.3, 0.4) is 0 Å². The number of nitrogens with zero attached hydrogens (tertiary/aromatic N) is 3. The van der Waals surface area contributed by atoms with Crippen LogP contribution in [0.2, 0.25) is 5.15 Å². The van der Waals surface area contributed by atoms with Crippen molar-refractivity contribution in [3.05, 3.63) is 76.2 Å². The Labute approximate surface area is 288 Å². The van der Waals surface area contributed by atoms with Gasteiger partial charge in [0, 0.05) is 37.5 Å². The van der Waals surface area contributed by atoms with E-state index in [1.807, 2.05) is 57.2 Å². The van der Waals surface area contributed by atoms with Crippen LogP contribution in [-0.2, 0) is 27.2 Å². The minimum Gasteiger partial charge on any atom is -0.496 e. The molecule has 4 rings (SSSR count). The zero-order chi connectivity index (χ0) is 34.5. The van der Waals surface area contributed by atoms with E-state index in [-0.39, 0.29) is 49.5 Å². The first-order chi connectivity index (χ1) is 23.1. The quantitative estimate of drug-likeness (QED) is 0.139. The number of amides is 1. The second kappa shape index (κ2) is 18.2. The third-order valence-corrected chi connectivity index (χ3v) is 8.03. The normalized spacial score (nSPS) is 16.4. The third-order valence-electron chi connectivity index (χ3n) is 7.72. The van der Waals surface area contributed by atoms with Crippen LogP contribution in [0.15, 0.2) is 48.5 Å². The lowest BCUT2D eigenvalue weighted by molar-refractivity contribution is -0.0361. The topological polar surface area (TPSA) is 122 Å². The molecule has 1 saturated heterocycles. The zero-order valence-corrected chi connectivity index (χ0v) is 29.3. The third kappa shape index (κ3) is 11.2. The van der Waals surface area contributed by atoms with Gasteiger partial charge in [0.1, 0.15) is 34.7 Å². The molecule has 2 heterocycles. The predicted molar refractivity (Wildman–Crippen MR) is 182 cm³/mol. The van der Waals surface area contributed by atoms with E-state index in [1.165, 1.54) is 0 Å². The molecule has 11 nitrogen and oxygen atoms in total. The smallest absolute Gasteiger partial charge is 0.410 e. The number of carbonyl (C=O) groups excluding carboxylic acids is 1. The van der Waals surface area contributed by atoms with Gasteiger partial charge < -0.3 is 38.4 Å². The molecule has 2 unspecified atom stereocenters. The fourth-order valence-corrected chi connectivity index (χ4v) is 5.74. The van der Waals surface area contributed by atoms with Gasteiger partial charge >= 0.3 is 6.09 Å². The summed E-state index contributed by atoms with van der Waals surface area (Å²) in [6, 6.07) is 15.9. The molecule has 1 aliphatic rings. The average molecular weight is 686 g/mol. The Morgan fingerprint density at radius 2 is 1.79 bits per heavy atom. The maximum absolute atomic E-state index is 12.9. The van der Waals surface area contributed by atoms with E-state index in [2.05, 4.69) is 22.1 Å². The van der Waals surface area contributed by atoms with Gasteiger partial charge in [-0.1, -0.05) is 41.9 Å². The Kier molecular flexibility index (Phi) is 14.1. The van der Waals surface area contributed by atoms with Crippen LogP contribution >= 0.6 is 11.6 Å². The Morgan fingerprint density at radius 3 is 2.52 bits per heavy atom. The van der Waals surface area contributed by atoms with Crippen LogP contribution in [0.25, 0.3) is 0 Å². The number of para-hydroxylation sites is 1. The van der Waals surface area contributed by atoms with Crippen molar-refractivity contribution < 1.29 is 38.3 Å². The summed E-state index contributed by atoms with van der Waals surface area (Å²) in [4.78, 5) is 23.2. The summed E-state index contributed by atoms with van der Waals surface area (Å²) in [6.45, 7) is 10.2. The average Bonchev–Trinajstić information content (AvgIpc) is 3.05. The number of rotatable bonds is 16. The van der Waals surface area contributed by atoms with Crippen molar-refractivity contribution in [2.45, 2.75) is 71.2 Å². The Morgan fingerprint density at radius 1 is 1.02 bits per heavy atom. The van der Waals surface area contributed by atoms with Gasteiger partial charge in [-0.2, -0.15) is 4.98 Å². The molecule has 1 N–H and O–H groups in total. The van der Waals surface area contributed by atoms with Crippen molar-refractivity contribution in [1.82, 2.24) is 14.9 Å². The van der Waals surface area contributed by atoms with Crippen molar-refractivity contribution in [3.63, 3.8) is 0 Å². The number of aliphatic hydroxyl groups excluding tert-OH is 1. The summed E-state index contributed by atoms with van der Waals surface area (Å²) in [5, 5.41) is 9.71. The largest absolute Gasteiger partial charge is 0.496 e. The summed E-state index contributed by atoms with van der Waals surface area (Å²) in [5.41, 5.74) is 2.07. The number of halogens is 1. The van der Waals surface area contributed by atoms with E-state index >= 15 is 0 Å². The lowest BCUT2D eigenvalue weighted by Gasteiger charge is -2.39. The maximum Gasteiger partial charge on any atom is 0.410 e. The fraction of sp³-hybridized carbons (Fsp3) is 0.528. The second-order valence-corrected chi connectivity index (χ2v) is 12.9. The van der Waals surface area contributed by atoms with Gasteiger partial charge in [-0.15, -0.1) is 0 Å². The number of piperidine rings is 1. The first-order valence-corrected chi connectivity index (χ1v) is 16.7. The number of aliphatic hydroxyl groups is 1. The van der Waals surface area contributed by atoms with Crippen LogP contribution in [0, 0.1) is 6.92 Å². The van der Waals surface area contributed by atoms with Crippen molar-refractivity contribution in [2.24, 2.45) is 0 Å². The van der Waals surface area contributed by atoms with E-state index in [9.17, 15) is 9.90 Å². The van der Waals surface area contributed by atoms with Crippen LogP contribution in [0.5, 0.6) is 17.4 Å². The summed E-state index contributed by atoms with van der Waals surface area (Å²) in [6.07, 6.45) is 1.08. The highest BCUT2D eigenvalue weighted by Gasteiger charge is 2.35. The lowest BCUT2D eigenvalue weighted by Crippen LogP contribution is -2.48. The summed E-state index contributed by atoms with van der Waals surface area (Å²) in [5.74, 6) is 2.45. The first kappa shape index (κ1) is 37.2. The highest BCUT2D eigenvalue weighted by atomic mass is 35.5. The Balaban J connectivity index is 1.32. The molecular weight excluding hydrogens is 638 g/mol.